The minimum Gasteiger partial charge on any atom is -0.495 e. The minimum atomic E-state index is 0.350. The van der Waals surface area contributed by atoms with Gasteiger partial charge in [0.15, 0.2) is 0 Å². The zero-order valence-electron chi connectivity index (χ0n) is 13.3. The average Bonchev–Trinajstić information content (AvgIpc) is 2.46. The largest absolute Gasteiger partial charge is 0.495 e. The number of rotatable bonds is 6. The van der Waals surface area contributed by atoms with E-state index in [4.69, 9.17) is 16.3 Å². The highest BCUT2D eigenvalue weighted by Crippen LogP contribution is 2.29. The topological polar surface area (TPSA) is 59.1 Å². The first-order valence-corrected chi connectivity index (χ1v) is 7.62. The van der Waals surface area contributed by atoms with Crippen LogP contribution in [0.15, 0.2) is 24.3 Å². The zero-order chi connectivity index (χ0) is 16.1. The molecule has 0 saturated heterocycles. The molecule has 1 aromatic carbocycles. The SMILES string of the molecule is CCC(C)Nc1cc(C)nc(Nc2cc(Cl)ccc2OC)n1. The second-order valence-corrected chi connectivity index (χ2v) is 5.58. The summed E-state index contributed by atoms with van der Waals surface area (Å²) in [4.78, 5) is 8.90. The predicted octanol–water partition coefficient (Wildman–Crippen LogP) is 4.40. The van der Waals surface area contributed by atoms with Crippen molar-refractivity contribution in [1.29, 1.82) is 0 Å². The van der Waals surface area contributed by atoms with Gasteiger partial charge < -0.3 is 15.4 Å². The molecule has 0 saturated carbocycles. The molecule has 1 aromatic heterocycles. The van der Waals surface area contributed by atoms with Gasteiger partial charge in [0, 0.05) is 22.8 Å². The Labute approximate surface area is 136 Å². The number of hydrogen-bond donors (Lipinski definition) is 2. The molecule has 0 fully saturated rings. The fraction of sp³-hybridized carbons (Fsp3) is 0.375. The molecule has 0 spiro atoms. The number of aryl methyl sites for hydroxylation is 1. The molecular weight excluding hydrogens is 300 g/mol. The first-order valence-electron chi connectivity index (χ1n) is 7.24. The van der Waals surface area contributed by atoms with E-state index in [1.165, 1.54) is 0 Å². The summed E-state index contributed by atoms with van der Waals surface area (Å²) in [6.07, 6.45) is 1.02. The third-order valence-electron chi connectivity index (χ3n) is 3.27. The Kier molecular flexibility index (Phi) is 5.44. The molecule has 2 N–H and O–H groups in total. The van der Waals surface area contributed by atoms with Gasteiger partial charge in [0.25, 0.3) is 0 Å². The van der Waals surface area contributed by atoms with Crippen LogP contribution in [0.2, 0.25) is 5.02 Å². The Morgan fingerprint density at radius 1 is 1.27 bits per heavy atom. The van der Waals surface area contributed by atoms with E-state index in [1.807, 2.05) is 13.0 Å². The van der Waals surface area contributed by atoms with Gasteiger partial charge in [0.2, 0.25) is 5.95 Å². The minimum absolute atomic E-state index is 0.350. The van der Waals surface area contributed by atoms with E-state index in [9.17, 15) is 0 Å². The van der Waals surface area contributed by atoms with Crippen molar-refractivity contribution < 1.29 is 4.74 Å². The first-order chi connectivity index (χ1) is 10.5. The van der Waals surface area contributed by atoms with Crippen LogP contribution in [0, 0.1) is 6.92 Å². The standard InChI is InChI=1S/C16H21ClN4O/c1-5-10(2)18-15-8-11(3)19-16(21-15)20-13-9-12(17)6-7-14(13)22-4/h6-10H,5H2,1-4H3,(H2,18,19,20,21). The molecule has 1 unspecified atom stereocenters. The summed E-state index contributed by atoms with van der Waals surface area (Å²) in [5.41, 5.74) is 1.61. The molecule has 0 bridgehead atoms. The van der Waals surface area contributed by atoms with Gasteiger partial charge in [0.1, 0.15) is 11.6 Å². The molecule has 0 aliphatic heterocycles. The molecule has 2 rings (SSSR count). The Morgan fingerprint density at radius 2 is 2.05 bits per heavy atom. The van der Waals surface area contributed by atoms with Crippen molar-refractivity contribution in [1.82, 2.24) is 9.97 Å². The van der Waals surface area contributed by atoms with Gasteiger partial charge in [-0.1, -0.05) is 18.5 Å². The lowest BCUT2D eigenvalue weighted by Gasteiger charge is -2.15. The molecule has 5 nitrogen and oxygen atoms in total. The first kappa shape index (κ1) is 16.4. The van der Waals surface area contributed by atoms with E-state index >= 15 is 0 Å². The summed E-state index contributed by atoms with van der Waals surface area (Å²) in [7, 11) is 1.61. The van der Waals surface area contributed by atoms with Crippen LogP contribution >= 0.6 is 11.6 Å². The third kappa shape index (κ3) is 4.24. The van der Waals surface area contributed by atoms with Crippen LogP contribution < -0.4 is 15.4 Å². The number of nitrogens with zero attached hydrogens (tertiary/aromatic N) is 2. The van der Waals surface area contributed by atoms with Crippen molar-refractivity contribution in [3.05, 3.63) is 35.0 Å². The lowest BCUT2D eigenvalue weighted by molar-refractivity contribution is 0.417. The Hall–Kier alpha value is -2.01. The Bertz CT molecular complexity index is 648. The number of aromatic nitrogens is 2. The van der Waals surface area contributed by atoms with Gasteiger partial charge in [-0.05, 0) is 38.5 Å². The molecule has 22 heavy (non-hydrogen) atoms. The van der Waals surface area contributed by atoms with Crippen LogP contribution in [0.4, 0.5) is 17.5 Å². The van der Waals surface area contributed by atoms with Gasteiger partial charge in [-0.25, -0.2) is 4.98 Å². The van der Waals surface area contributed by atoms with Gasteiger partial charge >= 0.3 is 0 Å². The molecule has 2 aromatic rings. The molecule has 0 radical (unpaired) electrons. The highest BCUT2D eigenvalue weighted by Gasteiger charge is 2.09. The lowest BCUT2D eigenvalue weighted by atomic mass is 10.2. The zero-order valence-corrected chi connectivity index (χ0v) is 14.0. The van der Waals surface area contributed by atoms with Crippen LogP contribution in [0.5, 0.6) is 5.75 Å². The van der Waals surface area contributed by atoms with Crippen molar-refractivity contribution in [3.8, 4) is 5.75 Å². The van der Waals surface area contributed by atoms with E-state index in [2.05, 4.69) is 34.4 Å². The normalized spacial score (nSPS) is 11.9. The van der Waals surface area contributed by atoms with Crippen LogP contribution in [-0.2, 0) is 0 Å². The van der Waals surface area contributed by atoms with Crippen LogP contribution in [0.1, 0.15) is 26.0 Å². The van der Waals surface area contributed by atoms with Gasteiger partial charge in [0.05, 0.1) is 12.8 Å². The van der Waals surface area contributed by atoms with Crippen LogP contribution in [0.3, 0.4) is 0 Å². The van der Waals surface area contributed by atoms with Gasteiger partial charge in [-0.3, -0.25) is 0 Å². The molecule has 0 aliphatic rings. The molecule has 118 valence electrons. The summed E-state index contributed by atoms with van der Waals surface area (Å²) >= 11 is 6.04. The van der Waals surface area contributed by atoms with E-state index in [-0.39, 0.29) is 0 Å². The highest BCUT2D eigenvalue weighted by molar-refractivity contribution is 6.30. The number of ether oxygens (including phenoxy) is 1. The molecule has 1 atom stereocenters. The Balaban J connectivity index is 2.28. The summed E-state index contributed by atoms with van der Waals surface area (Å²) < 4.78 is 5.32. The lowest BCUT2D eigenvalue weighted by Crippen LogP contribution is -2.15. The van der Waals surface area contributed by atoms with Gasteiger partial charge in [-0.15, -0.1) is 0 Å². The van der Waals surface area contributed by atoms with Gasteiger partial charge in [-0.2, -0.15) is 4.98 Å². The van der Waals surface area contributed by atoms with Crippen LogP contribution in [-0.4, -0.2) is 23.1 Å². The van der Waals surface area contributed by atoms with Crippen LogP contribution in [0.25, 0.3) is 0 Å². The fourth-order valence-electron chi connectivity index (χ4n) is 1.95. The number of benzene rings is 1. The maximum atomic E-state index is 6.04. The van der Waals surface area contributed by atoms with Crippen molar-refractivity contribution in [3.63, 3.8) is 0 Å². The van der Waals surface area contributed by atoms with E-state index < -0.39 is 0 Å². The van der Waals surface area contributed by atoms with Crippen molar-refractivity contribution >= 4 is 29.1 Å². The maximum Gasteiger partial charge on any atom is 0.229 e. The van der Waals surface area contributed by atoms with Crippen molar-refractivity contribution in [2.75, 3.05) is 17.7 Å². The monoisotopic (exact) mass is 320 g/mol. The van der Waals surface area contributed by atoms with Crippen molar-refractivity contribution in [2.24, 2.45) is 0 Å². The number of hydrogen-bond acceptors (Lipinski definition) is 5. The molecular formula is C16H21ClN4O. The Morgan fingerprint density at radius 3 is 2.73 bits per heavy atom. The molecule has 6 heteroatoms. The summed E-state index contributed by atoms with van der Waals surface area (Å²) in [5.74, 6) is 1.99. The van der Waals surface area contributed by atoms with E-state index in [0.29, 0.717) is 22.8 Å². The fourth-order valence-corrected chi connectivity index (χ4v) is 2.12. The summed E-state index contributed by atoms with van der Waals surface area (Å²) in [6.45, 7) is 6.18. The number of nitrogens with one attached hydrogen (secondary N) is 2. The predicted molar refractivity (Wildman–Crippen MR) is 91.4 cm³/mol. The van der Waals surface area contributed by atoms with Crippen molar-refractivity contribution in [2.45, 2.75) is 33.2 Å². The highest BCUT2D eigenvalue weighted by atomic mass is 35.5. The summed E-state index contributed by atoms with van der Waals surface area (Å²) in [6, 6.07) is 7.64. The number of anilines is 3. The molecule has 0 aliphatic carbocycles. The number of halogens is 1. The summed E-state index contributed by atoms with van der Waals surface area (Å²) in [5, 5.41) is 7.13. The third-order valence-corrected chi connectivity index (χ3v) is 3.50. The smallest absolute Gasteiger partial charge is 0.229 e. The second-order valence-electron chi connectivity index (χ2n) is 5.14. The van der Waals surface area contributed by atoms with E-state index in [0.717, 1.165) is 23.6 Å². The molecule has 0 amide bonds. The quantitative estimate of drug-likeness (QED) is 0.826. The average molecular weight is 321 g/mol. The number of methoxy groups -OCH3 is 1. The van der Waals surface area contributed by atoms with E-state index in [1.54, 1.807) is 25.3 Å². The molecule has 1 heterocycles. The maximum absolute atomic E-state index is 6.04. The second kappa shape index (κ2) is 7.31.